The van der Waals surface area contributed by atoms with E-state index >= 15 is 0 Å². The lowest BCUT2D eigenvalue weighted by Gasteiger charge is -2.34. The van der Waals surface area contributed by atoms with Gasteiger partial charge < -0.3 is 10.6 Å². The number of aromatic nitrogens is 2. The number of pyridine rings is 1. The molecule has 0 unspecified atom stereocenters. The molecule has 0 spiro atoms. The summed E-state index contributed by atoms with van der Waals surface area (Å²) in [6.07, 6.45) is 3.31. The molecule has 116 valence electrons. The molecule has 1 aliphatic heterocycles. The van der Waals surface area contributed by atoms with Crippen molar-refractivity contribution in [2.45, 2.75) is 13.5 Å². The predicted molar refractivity (Wildman–Crippen MR) is 86.7 cm³/mol. The van der Waals surface area contributed by atoms with Crippen LogP contribution < -0.4 is 5.73 Å². The van der Waals surface area contributed by atoms with Crippen LogP contribution in [0.25, 0.3) is 0 Å². The van der Waals surface area contributed by atoms with Crippen molar-refractivity contribution in [3.63, 3.8) is 0 Å². The molecule has 1 amide bonds. The summed E-state index contributed by atoms with van der Waals surface area (Å²) in [5, 5.41) is 0.624. The fraction of sp³-hybridized carbons (Fsp3) is 0.400. The lowest BCUT2D eigenvalue weighted by molar-refractivity contribution is 0.0629. The zero-order valence-corrected chi connectivity index (χ0v) is 13.3. The quantitative estimate of drug-likeness (QED) is 0.926. The van der Waals surface area contributed by atoms with Crippen molar-refractivity contribution in [2.75, 3.05) is 31.9 Å². The number of aryl methyl sites for hydroxylation is 1. The van der Waals surface area contributed by atoms with Gasteiger partial charge in [-0.1, -0.05) is 0 Å². The van der Waals surface area contributed by atoms with E-state index < -0.39 is 0 Å². The number of carbonyl (C=O) groups excluding carboxylic acids is 1. The minimum Gasteiger partial charge on any atom is -0.375 e. The molecule has 22 heavy (non-hydrogen) atoms. The smallest absolute Gasteiger partial charge is 0.254 e. The molecule has 1 aliphatic rings. The van der Waals surface area contributed by atoms with Gasteiger partial charge >= 0.3 is 0 Å². The number of rotatable bonds is 3. The van der Waals surface area contributed by atoms with Gasteiger partial charge in [-0.15, -0.1) is 11.3 Å². The van der Waals surface area contributed by atoms with Crippen molar-refractivity contribution in [3.8, 4) is 0 Å². The van der Waals surface area contributed by atoms with Crippen LogP contribution in [0.2, 0.25) is 0 Å². The highest BCUT2D eigenvalue weighted by Crippen LogP contribution is 2.22. The molecule has 2 aromatic heterocycles. The number of anilines is 1. The molecule has 0 atom stereocenters. The number of nitrogens with zero attached hydrogens (tertiary/aromatic N) is 4. The third-order valence-corrected chi connectivity index (χ3v) is 4.83. The summed E-state index contributed by atoms with van der Waals surface area (Å²) in [7, 11) is 0. The third kappa shape index (κ3) is 3.26. The predicted octanol–water partition coefficient (Wildman–Crippen LogP) is 1.39. The highest BCUT2D eigenvalue weighted by Gasteiger charge is 2.22. The maximum atomic E-state index is 12.4. The minimum absolute atomic E-state index is 0.0836. The van der Waals surface area contributed by atoms with Crippen molar-refractivity contribution < 1.29 is 4.79 Å². The molecule has 0 radical (unpaired) electrons. The normalized spacial score (nSPS) is 16.0. The van der Waals surface area contributed by atoms with Gasteiger partial charge in [0.25, 0.3) is 5.91 Å². The second-order valence-electron chi connectivity index (χ2n) is 5.36. The molecular weight excluding hydrogens is 298 g/mol. The number of hydrogen-bond acceptors (Lipinski definition) is 6. The number of hydrogen-bond donors (Lipinski definition) is 1. The Morgan fingerprint density at radius 2 is 1.95 bits per heavy atom. The molecule has 1 fully saturated rings. The first-order valence-corrected chi connectivity index (χ1v) is 8.08. The number of nitrogens with two attached hydrogens (primary N) is 1. The number of carbonyl (C=O) groups is 1. The SMILES string of the molecule is Cc1nc(N)sc1CN1CCN(C(=O)c2ccncc2)CC1. The van der Waals surface area contributed by atoms with Crippen LogP contribution in [-0.4, -0.2) is 51.9 Å². The summed E-state index contributed by atoms with van der Waals surface area (Å²) in [4.78, 5) is 26.0. The Balaban J connectivity index is 1.56. The minimum atomic E-state index is 0.0836. The molecule has 0 aliphatic carbocycles. The summed E-state index contributed by atoms with van der Waals surface area (Å²) in [6, 6.07) is 3.52. The van der Waals surface area contributed by atoms with Gasteiger partial charge in [-0.05, 0) is 19.1 Å². The number of amides is 1. The highest BCUT2D eigenvalue weighted by atomic mass is 32.1. The number of thiazole rings is 1. The van der Waals surface area contributed by atoms with Crippen molar-refractivity contribution in [2.24, 2.45) is 0 Å². The van der Waals surface area contributed by atoms with E-state index in [-0.39, 0.29) is 5.91 Å². The van der Waals surface area contributed by atoms with Crippen LogP contribution in [0.1, 0.15) is 20.9 Å². The van der Waals surface area contributed by atoms with Crippen LogP contribution in [0, 0.1) is 6.92 Å². The Kier molecular flexibility index (Phi) is 4.35. The molecule has 1 saturated heterocycles. The van der Waals surface area contributed by atoms with Crippen LogP contribution in [0.15, 0.2) is 24.5 Å². The highest BCUT2D eigenvalue weighted by molar-refractivity contribution is 7.15. The number of piperazine rings is 1. The van der Waals surface area contributed by atoms with Crippen LogP contribution in [0.5, 0.6) is 0 Å². The molecule has 2 aromatic rings. The van der Waals surface area contributed by atoms with Gasteiger partial charge in [-0.3, -0.25) is 14.7 Å². The molecule has 0 bridgehead atoms. The van der Waals surface area contributed by atoms with Gasteiger partial charge in [0.1, 0.15) is 0 Å². The van der Waals surface area contributed by atoms with Crippen molar-refractivity contribution in [1.82, 2.24) is 19.8 Å². The van der Waals surface area contributed by atoms with E-state index in [4.69, 9.17) is 5.73 Å². The molecule has 6 nitrogen and oxygen atoms in total. The summed E-state index contributed by atoms with van der Waals surface area (Å²) in [5.41, 5.74) is 7.46. The monoisotopic (exact) mass is 317 g/mol. The Morgan fingerprint density at radius 3 is 2.55 bits per heavy atom. The maximum absolute atomic E-state index is 12.4. The van der Waals surface area contributed by atoms with Crippen molar-refractivity contribution >= 4 is 22.4 Å². The van der Waals surface area contributed by atoms with Gasteiger partial charge in [0.05, 0.1) is 5.69 Å². The molecule has 3 rings (SSSR count). The third-order valence-electron chi connectivity index (χ3n) is 3.86. The zero-order chi connectivity index (χ0) is 15.5. The van der Waals surface area contributed by atoms with Gasteiger partial charge in [0, 0.05) is 55.6 Å². The first-order valence-electron chi connectivity index (χ1n) is 7.27. The van der Waals surface area contributed by atoms with Gasteiger partial charge in [-0.25, -0.2) is 4.98 Å². The molecule has 0 saturated carbocycles. The van der Waals surface area contributed by atoms with Crippen molar-refractivity contribution in [1.29, 1.82) is 0 Å². The van der Waals surface area contributed by atoms with E-state index in [1.54, 1.807) is 35.9 Å². The number of nitrogen functional groups attached to an aromatic ring is 1. The summed E-state index contributed by atoms with van der Waals surface area (Å²) >= 11 is 1.55. The Morgan fingerprint density at radius 1 is 1.27 bits per heavy atom. The van der Waals surface area contributed by atoms with E-state index in [2.05, 4.69) is 14.9 Å². The van der Waals surface area contributed by atoms with Gasteiger partial charge in [0.2, 0.25) is 0 Å². The molecule has 3 heterocycles. The van der Waals surface area contributed by atoms with Crippen LogP contribution in [0.3, 0.4) is 0 Å². The zero-order valence-electron chi connectivity index (χ0n) is 12.5. The maximum Gasteiger partial charge on any atom is 0.254 e. The Hall–Kier alpha value is -1.99. The second-order valence-corrected chi connectivity index (χ2v) is 6.48. The van der Waals surface area contributed by atoms with E-state index in [0.29, 0.717) is 10.7 Å². The van der Waals surface area contributed by atoms with E-state index in [9.17, 15) is 4.79 Å². The fourth-order valence-electron chi connectivity index (χ4n) is 2.59. The molecule has 7 heteroatoms. The van der Waals surface area contributed by atoms with Gasteiger partial charge in [0.15, 0.2) is 5.13 Å². The fourth-order valence-corrected chi connectivity index (χ4v) is 3.46. The van der Waals surface area contributed by atoms with Crippen LogP contribution in [0.4, 0.5) is 5.13 Å². The van der Waals surface area contributed by atoms with Gasteiger partial charge in [-0.2, -0.15) is 0 Å². The first-order chi connectivity index (χ1) is 10.6. The van der Waals surface area contributed by atoms with E-state index in [1.165, 1.54) is 4.88 Å². The topological polar surface area (TPSA) is 75.3 Å². The Labute approximate surface area is 133 Å². The van der Waals surface area contributed by atoms with Crippen molar-refractivity contribution in [3.05, 3.63) is 40.7 Å². The second kappa shape index (κ2) is 6.41. The van der Waals surface area contributed by atoms with E-state index in [0.717, 1.165) is 38.4 Å². The standard InChI is InChI=1S/C15H19N5OS/c1-11-13(22-15(16)18-11)10-19-6-8-20(9-7-19)14(21)12-2-4-17-5-3-12/h2-5H,6-10H2,1H3,(H2,16,18). The molecule has 2 N–H and O–H groups in total. The van der Waals surface area contributed by atoms with Crippen LogP contribution >= 0.6 is 11.3 Å². The van der Waals surface area contributed by atoms with Crippen LogP contribution in [-0.2, 0) is 6.54 Å². The summed E-state index contributed by atoms with van der Waals surface area (Å²) < 4.78 is 0. The largest absolute Gasteiger partial charge is 0.375 e. The van der Waals surface area contributed by atoms with E-state index in [1.807, 2.05) is 11.8 Å². The molecular formula is C15H19N5OS. The first kappa shape index (κ1) is 14.9. The Bertz CT molecular complexity index is 649. The summed E-state index contributed by atoms with van der Waals surface area (Å²) in [5.74, 6) is 0.0836. The summed E-state index contributed by atoms with van der Waals surface area (Å²) in [6.45, 7) is 6.08. The molecule has 0 aromatic carbocycles. The lowest BCUT2D eigenvalue weighted by atomic mass is 10.2. The average Bonchev–Trinajstić information content (AvgIpc) is 2.86. The average molecular weight is 317 g/mol. The lowest BCUT2D eigenvalue weighted by Crippen LogP contribution is -2.48.